The van der Waals surface area contributed by atoms with Crippen molar-refractivity contribution in [2.75, 3.05) is 10.2 Å². The van der Waals surface area contributed by atoms with E-state index in [4.69, 9.17) is 0 Å². The van der Waals surface area contributed by atoms with Crippen LogP contribution in [-0.4, -0.2) is 11.6 Å². The molecular weight excluding hydrogens is 344 g/mol. The molecule has 2 amide bonds. The zero-order valence-electron chi connectivity index (χ0n) is 16.6. The molecular formula is C25H26N2O. The maximum Gasteiger partial charge on any atom is 0.326 e. The van der Waals surface area contributed by atoms with E-state index in [1.165, 1.54) is 11.1 Å². The summed E-state index contributed by atoms with van der Waals surface area (Å²) < 4.78 is 0. The third-order valence-electron chi connectivity index (χ3n) is 5.77. The molecule has 0 spiro atoms. The molecule has 0 radical (unpaired) electrons. The highest BCUT2D eigenvalue weighted by atomic mass is 16.2. The van der Waals surface area contributed by atoms with E-state index >= 15 is 0 Å². The Morgan fingerprint density at radius 1 is 0.821 bits per heavy atom. The van der Waals surface area contributed by atoms with Gasteiger partial charge in [0.25, 0.3) is 0 Å². The molecule has 28 heavy (non-hydrogen) atoms. The summed E-state index contributed by atoms with van der Waals surface area (Å²) in [5.74, 6) is 0. The number of para-hydroxylation sites is 2. The molecule has 0 aromatic heterocycles. The van der Waals surface area contributed by atoms with Gasteiger partial charge in [0.2, 0.25) is 0 Å². The maximum absolute atomic E-state index is 13.3. The summed E-state index contributed by atoms with van der Waals surface area (Å²) in [6, 6.07) is 28.4. The highest BCUT2D eigenvalue weighted by Crippen LogP contribution is 2.50. The number of nitrogens with one attached hydrogen (secondary N) is 1. The zero-order chi connectivity index (χ0) is 19.8. The molecule has 1 unspecified atom stereocenters. The second-order valence-corrected chi connectivity index (χ2v) is 8.34. The van der Waals surface area contributed by atoms with E-state index < -0.39 is 0 Å². The molecule has 4 rings (SSSR count). The molecule has 1 N–H and O–H groups in total. The number of benzene rings is 3. The van der Waals surface area contributed by atoms with Gasteiger partial charge in [0.1, 0.15) is 0 Å². The normalized spacial score (nSPS) is 20.3. The zero-order valence-corrected chi connectivity index (χ0v) is 16.6. The van der Waals surface area contributed by atoms with Gasteiger partial charge in [-0.2, -0.15) is 0 Å². The topological polar surface area (TPSA) is 32.3 Å². The number of carbonyl (C=O) groups excluding carboxylic acids is 1. The van der Waals surface area contributed by atoms with Crippen molar-refractivity contribution in [3.8, 4) is 0 Å². The quantitative estimate of drug-likeness (QED) is 0.571. The van der Waals surface area contributed by atoms with Crippen LogP contribution in [0.25, 0.3) is 0 Å². The standard InChI is InChI=1S/C25H26N2O/c1-24(2)18-25(3,19-12-6-4-7-13-19)21-16-10-11-17-22(21)27(24)23(28)26-20-14-8-5-9-15-20/h4-17H,18H2,1-3H3,(H,26,28). The molecule has 0 saturated carbocycles. The van der Waals surface area contributed by atoms with Gasteiger partial charge in [-0.05, 0) is 49.6 Å². The Bertz CT molecular complexity index is 982. The van der Waals surface area contributed by atoms with Gasteiger partial charge in [-0.25, -0.2) is 4.79 Å². The molecule has 1 atom stereocenters. The minimum Gasteiger partial charge on any atom is -0.308 e. The van der Waals surface area contributed by atoms with Crippen LogP contribution in [-0.2, 0) is 5.41 Å². The number of urea groups is 1. The van der Waals surface area contributed by atoms with Crippen molar-refractivity contribution >= 4 is 17.4 Å². The van der Waals surface area contributed by atoms with Gasteiger partial charge in [0.15, 0.2) is 0 Å². The summed E-state index contributed by atoms with van der Waals surface area (Å²) in [4.78, 5) is 15.2. The lowest BCUT2D eigenvalue weighted by Crippen LogP contribution is -2.57. The summed E-state index contributed by atoms with van der Waals surface area (Å²) >= 11 is 0. The van der Waals surface area contributed by atoms with E-state index in [1.54, 1.807) is 0 Å². The van der Waals surface area contributed by atoms with Crippen LogP contribution >= 0.6 is 0 Å². The Hall–Kier alpha value is -3.07. The molecule has 1 aliphatic rings. The molecule has 3 aromatic rings. The Morgan fingerprint density at radius 3 is 2.07 bits per heavy atom. The van der Waals surface area contributed by atoms with E-state index in [1.807, 2.05) is 47.4 Å². The molecule has 3 heteroatoms. The van der Waals surface area contributed by atoms with Crippen LogP contribution < -0.4 is 10.2 Å². The average Bonchev–Trinajstić information content (AvgIpc) is 2.69. The molecule has 3 nitrogen and oxygen atoms in total. The first-order valence-corrected chi connectivity index (χ1v) is 9.73. The summed E-state index contributed by atoms with van der Waals surface area (Å²) in [7, 11) is 0. The Kier molecular flexibility index (Phi) is 4.46. The Balaban J connectivity index is 1.80. The highest BCUT2D eigenvalue weighted by molar-refractivity contribution is 6.04. The number of amides is 2. The number of hydrogen-bond acceptors (Lipinski definition) is 1. The third kappa shape index (κ3) is 3.07. The first kappa shape index (κ1) is 18.3. The Morgan fingerprint density at radius 2 is 1.39 bits per heavy atom. The van der Waals surface area contributed by atoms with Crippen LogP contribution in [0.2, 0.25) is 0 Å². The molecule has 142 valence electrons. The van der Waals surface area contributed by atoms with Gasteiger partial charge >= 0.3 is 6.03 Å². The van der Waals surface area contributed by atoms with Crippen LogP contribution in [0.1, 0.15) is 38.3 Å². The van der Waals surface area contributed by atoms with Crippen molar-refractivity contribution < 1.29 is 4.79 Å². The lowest BCUT2D eigenvalue weighted by Gasteiger charge is -2.51. The van der Waals surface area contributed by atoms with Crippen molar-refractivity contribution in [1.82, 2.24) is 0 Å². The van der Waals surface area contributed by atoms with E-state index in [2.05, 4.69) is 68.6 Å². The van der Waals surface area contributed by atoms with E-state index in [0.29, 0.717) is 0 Å². The van der Waals surface area contributed by atoms with Gasteiger partial charge < -0.3 is 5.32 Å². The fourth-order valence-electron chi connectivity index (χ4n) is 4.65. The van der Waals surface area contributed by atoms with Crippen molar-refractivity contribution in [2.24, 2.45) is 0 Å². The fourth-order valence-corrected chi connectivity index (χ4v) is 4.65. The van der Waals surface area contributed by atoms with E-state index in [-0.39, 0.29) is 17.0 Å². The number of carbonyl (C=O) groups is 1. The number of anilines is 2. The lowest BCUT2D eigenvalue weighted by molar-refractivity contribution is 0.243. The molecule has 3 aromatic carbocycles. The van der Waals surface area contributed by atoms with E-state index in [9.17, 15) is 4.79 Å². The highest BCUT2D eigenvalue weighted by Gasteiger charge is 2.47. The minimum atomic E-state index is -0.349. The lowest BCUT2D eigenvalue weighted by atomic mass is 9.65. The molecule has 0 aliphatic carbocycles. The van der Waals surface area contributed by atoms with Gasteiger partial charge in [0.05, 0.1) is 5.69 Å². The molecule has 0 saturated heterocycles. The molecule has 0 fully saturated rings. The SMILES string of the molecule is CC1(c2ccccc2)CC(C)(C)N(C(=O)Nc2ccccc2)c2ccccc21. The summed E-state index contributed by atoms with van der Waals surface area (Å²) in [5, 5.41) is 3.06. The maximum atomic E-state index is 13.3. The number of rotatable bonds is 2. The first-order chi connectivity index (χ1) is 13.4. The van der Waals surface area contributed by atoms with Crippen molar-refractivity contribution in [2.45, 2.75) is 38.1 Å². The van der Waals surface area contributed by atoms with Gasteiger partial charge in [-0.1, -0.05) is 73.7 Å². The van der Waals surface area contributed by atoms with Crippen molar-refractivity contribution in [3.63, 3.8) is 0 Å². The van der Waals surface area contributed by atoms with Gasteiger partial charge in [-0.3, -0.25) is 4.90 Å². The predicted octanol–water partition coefficient (Wildman–Crippen LogP) is 6.21. The first-order valence-electron chi connectivity index (χ1n) is 9.73. The number of nitrogens with zero attached hydrogens (tertiary/aromatic N) is 1. The van der Waals surface area contributed by atoms with Crippen LogP contribution in [0, 0.1) is 0 Å². The predicted molar refractivity (Wildman–Crippen MR) is 116 cm³/mol. The fraction of sp³-hybridized carbons (Fsp3) is 0.240. The van der Waals surface area contributed by atoms with Crippen LogP contribution in [0.3, 0.4) is 0 Å². The smallest absolute Gasteiger partial charge is 0.308 e. The van der Waals surface area contributed by atoms with Crippen molar-refractivity contribution in [3.05, 3.63) is 96.1 Å². The van der Waals surface area contributed by atoms with E-state index in [0.717, 1.165) is 17.8 Å². The van der Waals surface area contributed by atoms with Crippen molar-refractivity contribution in [1.29, 1.82) is 0 Å². The third-order valence-corrected chi connectivity index (χ3v) is 5.77. The number of fused-ring (bicyclic) bond motifs is 1. The average molecular weight is 370 g/mol. The molecule has 0 bridgehead atoms. The van der Waals surface area contributed by atoms with Crippen LogP contribution in [0.5, 0.6) is 0 Å². The molecule has 1 heterocycles. The summed E-state index contributed by atoms with van der Waals surface area (Å²) in [6.45, 7) is 6.58. The largest absolute Gasteiger partial charge is 0.326 e. The second kappa shape index (κ2) is 6.83. The Labute approximate surface area is 167 Å². The van der Waals surface area contributed by atoms with Gasteiger partial charge in [0, 0.05) is 16.6 Å². The van der Waals surface area contributed by atoms with Gasteiger partial charge in [-0.15, -0.1) is 0 Å². The summed E-state index contributed by atoms with van der Waals surface area (Å²) in [6.07, 6.45) is 0.837. The second-order valence-electron chi connectivity index (χ2n) is 8.34. The minimum absolute atomic E-state index is 0.0984. The van der Waals surface area contributed by atoms with Crippen LogP contribution in [0.4, 0.5) is 16.2 Å². The molecule has 1 aliphatic heterocycles. The van der Waals surface area contributed by atoms with Crippen LogP contribution in [0.15, 0.2) is 84.9 Å². The number of hydrogen-bond donors (Lipinski definition) is 1. The monoisotopic (exact) mass is 370 g/mol. The summed E-state index contributed by atoms with van der Waals surface area (Å²) in [5.41, 5.74) is 3.72.